The Hall–Kier alpha value is -2.16. The maximum Gasteiger partial charge on any atom is 0.391 e. The third-order valence-corrected chi connectivity index (χ3v) is 5.77. The summed E-state index contributed by atoms with van der Waals surface area (Å²) in [4.78, 5) is 17.6. The normalized spacial score (nSPS) is 22.8. The summed E-state index contributed by atoms with van der Waals surface area (Å²) in [6, 6.07) is 1.74. The zero-order chi connectivity index (χ0) is 22.3. The Morgan fingerprint density at radius 2 is 2.07 bits per heavy atom. The molecule has 2 atom stereocenters. The van der Waals surface area contributed by atoms with E-state index in [1.54, 1.807) is 16.9 Å². The van der Waals surface area contributed by atoms with Crippen LogP contribution in [0.4, 0.5) is 13.2 Å². The standard InChI is InChI=1S/C21H29F3N4O2/c1-12(2)17-8-15(16-10-26-28(13(3)4)18(16)27-17)19(29)25-11-20(30)7-5-6-14(9-20)21(22,23)24/h8,10,12-14,30H,5-7,9,11H2,1-4H3,(H,25,29)/t14-,20+/m0/s1. The van der Waals surface area contributed by atoms with Crippen LogP contribution in [0.15, 0.2) is 12.3 Å². The van der Waals surface area contributed by atoms with E-state index >= 15 is 0 Å². The molecule has 30 heavy (non-hydrogen) atoms. The van der Waals surface area contributed by atoms with Crippen molar-refractivity contribution in [2.24, 2.45) is 5.92 Å². The van der Waals surface area contributed by atoms with E-state index in [1.165, 1.54) is 0 Å². The Morgan fingerprint density at radius 3 is 2.67 bits per heavy atom. The molecular formula is C21H29F3N4O2. The number of nitrogens with one attached hydrogen (secondary N) is 1. The van der Waals surface area contributed by atoms with E-state index in [0.29, 0.717) is 16.6 Å². The van der Waals surface area contributed by atoms with Gasteiger partial charge in [-0.15, -0.1) is 0 Å². The first kappa shape index (κ1) is 22.5. The second kappa shape index (κ2) is 8.17. The SMILES string of the molecule is CC(C)c1cc(C(=O)NC[C@@]2(O)CCC[C@H](C(F)(F)F)C2)c2cnn(C(C)C)c2n1. The molecule has 166 valence electrons. The molecule has 0 saturated heterocycles. The molecule has 0 aromatic carbocycles. The van der Waals surface area contributed by atoms with Crippen LogP contribution in [0.25, 0.3) is 11.0 Å². The monoisotopic (exact) mass is 426 g/mol. The van der Waals surface area contributed by atoms with Crippen molar-refractivity contribution >= 4 is 16.9 Å². The molecule has 6 nitrogen and oxygen atoms in total. The molecule has 3 rings (SSSR count). The Bertz CT molecular complexity index is 923. The second-order valence-corrected chi connectivity index (χ2v) is 8.91. The van der Waals surface area contributed by atoms with Gasteiger partial charge in [0.25, 0.3) is 5.91 Å². The second-order valence-electron chi connectivity index (χ2n) is 8.91. The smallest absolute Gasteiger partial charge is 0.388 e. The summed E-state index contributed by atoms with van der Waals surface area (Å²) in [6.45, 7) is 7.64. The van der Waals surface area contributed by atoms with Crippen LogP contribution in [0.5, 0.6) is 0 Å². The third kappa shape index (κ3) is 4.61. The lowest BCUT2D eigenvalue weighted by Gasteiger charge is -2.37. The van der Waals surface area contributed by atoms with Gasteiger partial charge in [-0.3, -0.25) is 4.79 Å². The molecular weight excluding hydrogens is 397 g/mol. The zero-order valence-corrected chi connectivity index (χ0v) is 17.8. The van der Waals surface area contributed by atoms with Gasteiger partial charge in [0.1, 0.15) is 0 Å². The van der Waals surface area contributed by atoms with Crippen LogP contribution in [0.2, 0.25) is 0 Å². The number of hydrogen-bond donors (Lipinski definition) is 2. The number of hydrogen-bond acceptors (Lipinski definition) is 4. The van der Waals surface area contributed by atoms with E-state index in [2.05, 4.69) is 15.4 Å². The maximum absolute atomic E-state index is 13.1. The molecule has 2 aromatic rings. The number of alkyl halides is 3. The zero-order valence-electron chi connectivity index (χ0n) is 17.8. The van der Waals surface area contributed by atoms with E-state index in [0.717, 1.165) is 5.69 Å². The molecule has 9 heteroatoms. The lowest BCUT2D eigenvalue weighted by Crippen LogP contribution is -2.48. The largest absolute Gasteiger partial charge is 0.391 e. The first-order valence-corrected chi connectivity index (χ1v) is 10.4. The van der Waals surface area contributed by atoms with Crippen molar-refractivity contribution in [3.05, 3.63) is 23.5 Å². The number of pyridine rings is 1. The number of nitrogens with zero attached hydrogens (tertiary/aromatic N) is 3. The number of carbonyl (C=O) groups is 1. The fourth-order valence-corrected chi connectivity index (χ4v) is 4.02. The molecule has 1 aliphatic rings. The van der Waals surface area contributed by atoms with Crippen LogP contribution in [0.1, 0.15) is 81.4 Å². The first-order valence-electron chi connectivity index (χ1n) is 10.4. The molecule has 2 heterocycles. The predicted octanol–water partition coefficient (Wildman–Crippen LogP) is 4.35. The molecule has 1 amide bonds. The average Bonchev–Trinajstić information content (AvgIpc) is 3.09. The van der Waals surface area contributed by atoms with Gasteiger partial charge in [-0.2, -0.15) is 18.3 Å². The number of aromatic nitrogens is 3. The third-order valence-electron chi connectivity index (χ3n) is 5.77. The minimum absolute atomic E-state index is 0.0108. The molecule has 1 aliphatic carbocycles. The highest BCUT2D eigenvalue weighted by Gasteiger charge is 2.47. The quantitative estimate of drug-likeness (QED) is 0.745. The van der Waals surface area contributed by atoms with Crippen molar-refractivity contribution in [3.8, 4) is 0 Å². The van der Waals surface area contributed by atoms with Gasteiger partial charge in [-0.25, -0.2) is 9.67 Å². The molecule has 0 aliphatic heterocycles. The van der Waals surface area contributed by atoms with Gasteiger partial charge in [-0.05, 0) is 51.5 Å². The van der Waals surface area contributed by atoms with Gasteiger partial charge in [-0.1, -0.05) is 13.8 Å². The van der Waals surface area contributed by atoms with E-state index in [1.807, 2.05) is 27.7 Å². The molecule has 0 spiro atoms. The lowest BCUT2D eigenvalue weighted by atomic mass is 9.77. The summed E-state index contributed by atoms with van der Waals surface area (Å²) >= 11 is 0. The van der Waals surface area contributed by atoms with Crippen molar-refractivity contribution < 1.29 is 23.1 Å². The van der Waals surface area contributed by atoms with Crippen LogP contribution in [0, 0.1) is 5.92 Å². The average molecular weight is 426 g/mol. The lowest BCUT2D eigenvalue weighted by molar-refractivity contribution is -0.199. The molecule has 0 radical (unpaired) electrons. The topological polar surface area (TPSA) is 80.0 Å². The minimum Gasteiger partial charge on any atom is -0.388 e. The summed E-state index contributed by atoms with van der Waals surface area (Å²) in [6.07, 6.45) is -2.64. The fraction of sp³-hybridized carbons (Fsp3) is 0.667. The fourth-order valence-electron chi connectivity index (χ4n) is 4.02. The highest BCUT2D eigenvalue weighted by molar-refractivity contribution is 6.05. The van der Waals surface area contributed by atoms with Crippen LogP contribution in [-0.4, -0.2) is 44.1 Å². The van der Waals surface area contributed by atoms with E-state index in [9.17, 15) is 23.1 Å². The van der Waals surface area contributed by atoms with Gasteiger partial charge in [0.2, 0.25) is 0 Å². The Morgan fingerprint density at radius 1 is 1.37 bits per heavy atom. The summed E-state index contributed by atoms with van der Waals surface area (Å²) in [5, 5.41) is 18.3. The van der Waals surface area contributed by atoms with Gasteiger partial charge < -0.3 is 10.4 Å². The summed E-state index contributed by atoms with van der Waals surface area (Å²) in [7, 11) is 0. The van der Waals surface area contributed by atoms with Gasteiger partial charge in [0, 0.05) is 18.3 Å². The van der Waals surface area contributed by atoms with E-state index in [-0.39, 0.29) is 37.8 Å². The Kier molecular flexibility index (Phi) is 6.13. The van der Waals surface area contributed by atoms with Crippen molar-refractivity contribution in [2.75, 3.05) is 6.54 Å². The number of rotatable bonds is 5. The summed E-state index contributed by atoms with van der Waals surface area (Å²) < 4.78 is 41.0. The van der Waals surface area contributed by atoms with Crippen LogP contribution in [0.3, 0.4) is 0 Å². The van der Waals surface area contributed by atoms with Gasteiger partial charge >= 0.3 is 6.18 Å². The molecule has 0 bridgehead atoms. The summed E-state index contributed by atoms with van der Waals surface area (Å²) in [5.41, 5.74) is 0.115. The molecule has 1 fully saturated rings. The molecule has 0 unspecified atom stereocenters. The van der Waals surface area contributed by atoms with Crippen molar-refractivity contribution in [1.82, 2.24) is 20.1 Å². The van der Waals surface area contributed by atoms with Gasteiger partial charge in [0.05, 0.1) is 28.7 Å². The Labute approximate surface area is 173 Å². The molecule has 1 saturated carbocycles. The number of amides is 1. The number of fused-ring (bicyclic) bond motifs is 1. The van der Waals surface area contributed by atoms with Crippen molar-refractivity contribution in [1.29, 1.82) is 0 Å². The van der Waals surface area contributed by atoms with Gasteiger partial charge in [0.15, 0.2) is 5.65 Å². The highest BCUT2D eigenvalue weighted by Crippen LogP contribution is 2.41. The van der Waals surface area contributed by atoms with Crippen molar-refractivity contribution in [3.63, 3.8) is 0 Å². The molecule has 2 N–H and O–H groups in total. The Balaban J connectivity index is 1.85. The predicted molar refractivity (Wildman–Crippen MR) is 107 cm³/mol. The first-order chi connectivity index (χ1) is 13.9. The van der Waals surface area contributed by atoms with Crippen molar-refractivity contribution in [2.45, 2.75) is 77.1 Å². The highest BCUT2D eigenvalue weighted by atomic mass is 19.4. The van der Waals surface area contributed by atoms with Crippen LogP contribution >= 0.6 is 0 Å². The van der Waals surface area contributed by atoms with E-state index in [4.69, 9.17) is 0 Å². The number of halogens is 3. The minimum atomic E-state index is -4.34. The summed E-state index contributed by atoms with van der Waals surface area (Å²) in [5.74, 6) is -1.92. The molecule has 2 aromatic heterocycles. The maximum atomic E-state index is 13.1. The number of carbonyl (C=O) groups excluding carboxylic acids is 1. The van der Waals surface area contributed by atoms with E-state index < -0.39 is 30.0 Å². The van der Waals surface area contributed by atoms with Crippen LogP contribution < -0.4 is 5.32 Å². The number of aliphatic hydroxyl groups is 1. The van der Waals surface area contributed by atoms with Crippen LogP contribution in [-0.2, 0) is 0 Å².